The van der Waals surface area contributed by atoms with Crippen LogP contribution in [0.15, 0.2) is 90.1 Å². The van der Waals surface area contributed by atoms with E-state index in [4.69, 9.17) is 0 Å². The average molecular weight is 495 g/mol. The number of hydrogen-bond donors (Lipinski definition) is 1. The molecular weight excluding hydrogens is 464 g/mol. The molecule has 0 bridgehead atoms. The number of pyridine rings is 2. The zero-order chi connectivity index (χ0) is 26.5. The zero-order valence-electron chi connectivity index (χ0n) is 21.2. The average Bonchev–Trinajstić information content (AvgIpc) is 2.86. The number of nitrogens with zero attached hydrogens (tertiary/aromatic N) is 2. The van der Waals surface area contributed by atoms with Gasteiger partial charge in [0.2, 0.25) is 0 Å². The molecule has 1 N–H and O–H groups in total. The van der Waals surface area contributed by atoms with Gasteiger partial charge in [-0.3, -0.25) is 19.4 Å². The fraction of sp³-hybridized carbons (Fsp3) is 0.226. The van der Waals surface area contributed by atoms with Crippen LogP contribution in [0.5, 0.6) is 0 Å². The maximum absolute atomic E-state index is 13.9. The molecule has 2 aromatic heterocycles. The number of rotatable bonds is 9. The van der Waals surface area contributed by atoms with Gasteiger partial charge in [-0.05, 0) is 60.2 Å². The first kappa shape index (κ1) is 25.8. The number of benzene rings is 2. The highest BCUT2D eigenvalue weighted by Gasteiger charge is 2.28. The minimum absolute atomic E-state index is 0.0515. The Morgan fingerprint density at radius 1 is 0.865 bits per heavy atom. The molecule has 2 heterocycles. The first-order valence-electron chi connectivity index (χ1n) is 12.2. The Labute approximate surface area is 216 Å². The fourth-order valence-corrected chi connectivity index (χ4v) is 4.91. The molecule has 0 spiro atoms. The maximum Gasteiger partial charge on any atom is 0.303 e. The minimum Gasteiger partial charge on any atom is -0.481 e. The summed E-state index contributed by atoms with van der Waals surface area (Å²) in [5.41, 5.74) is 6.02. The van der Waals surface area contributed by atoms with Crippen molar-refractivity contribution in [3.05, 3.63) is 123 Å². The van der Waals surface area contributed by atoms with Crippen LogP contribution in [0.3, 0.4) is 0 Å². The van der Waals surface area contributed by atoms with Crippen molar-refractivity contribution in [3.8, 4) is 11.1 Å². The van der Waals surface area contributed by atoms with E-state index in [9.17, 15) is 19.5 Å². The van der Waals surface area contributed by atoms with Crippen LogP contribution in [0.1, 0.15) is 52.6 Å². The number of hydrogen-bond acceptors (Lipinski definition) is 4. The number of aryl methyl sites for hydroxylation is 3. The standard InChI is InChI=1S/C31H30N2O4/c1-20-12-13-28(35)33(19-20)31(23-10-5-4-6-11-23)27(34)15-24(16-29(36)37)25-14-26(18-32-17-25)30-21(2)8-7-9-22(30)3/h4-14,17-19,24,31H,15-16H2,1-3H3,(H,36,37)/t24-,31-/m0/s1. The van der Waals surface area contributed by atoms with Gasteiger partial charge in [0.1, 0.15) is 6.04 Å². The van der Waals surface area contributed by atoms with Crippen molar-refractivity contribution in [1.29, 1.82) is 0 Å². The van der Waals surface area contributed by atoms with Crippen LogP contribution < -0.4 is 5.56 Å². The van der Waals surface area contributed by atoms with E-state index >= 15 is 0 Å². The van der Waals surface area contributed by atoms with Gasteiger partial charge in [-0.25, -0.2) is 0 Å². The molecule has 0 unspecified atom stereocenters. The van der Waals surface area contributed by atoms with Crippen LogP contribution in [-0.2, 0) is 9.59 Å². The van der Waals surface area contributed by atoms with Crippen LogP contribution in [0.25, 0.3) is 11.1 Å². The summed E-state index contributed by atoms with van der Waals surface area (Å²) in [7, 11) is 0. The molecule has 2 atom stereocenters. The van der Waals surface area contributed by atoms with E-state index in [2.05, 4.69) is 4.98 Å². The molecule has 4 aromatic rings. The molecule has 0 amide bonds. The Balaban J connectivity index is 1.75. The van der Waals surface area contributed by atoms with Crippen molar-refractivity contribution in [2.24, 2.45) is 0 Å². The van der Waals surface area contributed by atoms with Crippen molar-refractivity contribution in [2.75, 3.05) is 0 Å². The Morgan fingerprint density at radius 3 is 2.24 bits per heavy atom. The fourth-order valence-electron chi connectivity index (χ4n) is 4.91. The Morgan fingerprint density at radius 2 is 1.57 bits per heavy atom. The van der Waals surface area contributed by atoms with Crippen LogP contribution in [0.4, 0.5) is 0 Å². The summed E-state index contributed by atoms with van der Waals surface area (Å²) in [5.74, 6) is -1.84. The largest absolute Gasteiger partial charge is 0.481 e. The normalized spacial score (nSPS) is 12.6. The monoisotopic (exact) mass is 494 g/mol. The summed E-state index contributed by atoms with van der Waals surface area (Å²) >= 11 is 0. The smallest absolute Gasteiger partial charge is 0.303 e. The second-order valence-electron chi connectivity index (χ2n) is 9.50. The Hall–Kier alpha value is -4.32. The van der Waals surface area contributed by atoms with E-state index in [0.717, 1.165) is 27.8 Å². The lowest BCUT2D eigenvalue weighted by atomic mass is 9.86. The summed E-state index contributed by atoms with van der Waals surface area (Å²) < 4.78 is 1.44. The Bertz CT molecular complexity index is 1470. The van der Waals surface area contributed by atoms with E-state index < -0.39 is 17.9 Å². The van der Waals surface area contributed by atoms with Gasteiger partial charge in [0.15, 0.2) is 5.78 Å². The summed E-state index contributed by atoms with van der Waals surface area (Å²) in [6.07, 6.45) is 4.79. The van der Waals surface area contributed by atoms with Gasteiger partial charge in [-0.15, -0.1) is 0 Å². The van der Waals surface area contributed by atoms with Crippen LogP contribution >= 0.6 is 0 Å². The predicted octanol–water partition coefficient (Wildman–Crippen LogP) is 5.64. The molecule has 0 radical (unpaired) electrons. The molecule has 6 heteroatoms. The summed E-state index contributed by atoms with van der Waals surface area (Å²) in [4.78, 5) is 42.9. The number of ketones is 1. The first-order valence-corrected chi connectivity index (χ1v) is 12.2. The second-order valence-corrected chi connectivity index (χ2v) is 9.50. The lowest BCUT2D eigenvalue weighted by molar-refractivity contribution is -0.137. The number of Topliss-reactive ketones (excluding diaryl/α,β-unsaturated/α-hetero) is 1. The highest BCUT2D eigenvalue weighted by molar-refractivity contribution is 5.87. The van der Waals surface area contributed by atoms with Gasteiger partial charge >= 0.3 is 5.97 Å². The molecule has 188 valence electrons. The van der Waals surface area contributed by atoms with Crippen molar-refractivity contribution < 1.29 is 14.7 Å². The zero-order valence-corrected chi connectivity index (χ0v) is 21.2. The quantitative estimate of drug-likeness (QED) is 0.325. The van der Waals surface area contributed by atoms with Gasteiger partial charge in [-0.2, -0.15) is 0 Å². The van der Waals surface area contributed by atoms with E-state index in [1.165, 1.54) is 10.6 Å². The first-order chi connectivity index (χ1) is 17.7. The van der Waals surface area contributed by atoms with Gasteiger partial charge in [0.05, 0.1) is 6.42 Å². The molecule has 37 heavy (non-hydrogen) atoms. The SMILES string of the molecule is Cc1ccc(=O)n([C@H](C(=O)C[C@@H](CC(=O)O)c2cncc(-c3c(C)cccc3C)c2)c2ccccc2)c1. The molecule has 6 nitrogen and oxygen atoms in total. The van der Waals surface area contributed by atoms with Crippen LogP contribution in [0.2, 0.25) is 0 Å². The third kappa shape index (κ3) is 5.92. The number of carboxylic acids is 1. The number of aliphatic carboxylic acids is 1. The van der Waals surface area contributed by atoms with E-state index in [1.807, 2.05) is 75.4 Å². The molecule has 0 aliphatic carbocycles. The van der Waals surface area contributed by atoms with Crippen LogP contribution in [-0.4, -0.2) is 26.4 Å². The number of carbonyl (C=O) groups excluding carboxylic acids is 1. The minimum atomic E-state index is -1.00. The molecule has 4 rings (SSSR count). The topological polar surface area (TPSA) is 89.3 Å². The molecule has 0 aliphatic rings. The Kier molecular flexibility index (Phi) is 7.77. The molecule has 0 aliphatic heterocycles. The predicted molar refractivity (Wildman–Crippen MR) is 144 cm³/mol. The highest BCUT2D eigenvalue weighted by atomic mass is 16.4. The van der Waals surface area contributed by atoms with Gasteiger partial charge in [-0.1, -0.05) is 54.6 Å². The number of carbonyl (C=O) groups is 2. The molecule has 0 saturated heterocycles. The molecule has 0 fully saturated rings. The highest BCUT2D eigenvalue weighted by Crippen LogP contribution is 2.33. The van der Waals surface area contributed by atoms with E-state index in [-0.39, 0.29) is 24.2 Å². The number of aromatic nitrogens is 2. The summed E-state index contributed by atoms with van der Waals surface area (Å²) in [5, 5.41) is 9.70. The summed E-state index contributed by atoms with van der Waals surface area (Å²) in [6.45, 7) is 5.91. The van der Waals surface area contributed by atoms with E-state index in [0.29, 0.717) is 11.1 Å². The van der Waals surface area contributed by atoms with E-state index in [1.54, 1.807) is 24.7 Å². The maximum atomic E-state index is 13.9. The lowest BCUT2D eigenvalue weighted by Crippen LogP contribution is -2.31. The van der Waals surface area contributed by atoms with Gasteiger partial charge in [0.25, 0.3) is 5.56 Å². The summed E-state index contributed by atoms with van der Waals surface area (Å²) in [6, 6.07) is 19.4. The van der Waals surface area contributed by atoms with Gasteiger partial charge < -0.3 is 9.67 Å². The molecular formula is C31H30N2O4. The molecule has 2 aromatic carbocycles. The van der Waals surface area contributed by atoms with Gasteiger partial charge in [0, 0.05) is 42.6 Å². The van der Waals surface area contributed by atoms with Crippen molar-refractivity contribution in [2.45, 2.75) is 45.6 Å². The van der Waals surface area contributed by atoms with Crippen LogP contribution in [0, 0.1) is 20.8 Å². The third-order valence-corrected chi connectivity index (χ3v) is 6.65. The third-order valence-electron chi connectivity index (χ3n) is 6.65. The number of carboxylic acid groups (broad SMARTS) is 1. The lowest BCUT2D eigenvalue weighted by Gasteiger charge is -2.23. The second kappa shape index (κ2) is 11.2. The van der Waals surface area contributed by atoms with Crippen molar-refractivity contribution >= 4 is 11.8 Å². The van der Waals surface area contributed by atoms with Crippen molar-refractivity contribution in [1.82, 2.24) is 9.55 Å². The van der Waals surface area contributed by atoms with Crippen molar-refractivity contribution in [3.63, 3.8) is 0 Å². The molecule has 0 saturated carbocycles.